The van der Waals surface area contributed by atoms with Gasteiger partial charge in [0, 0.05) is 26.8 Å². The standard InChI is InChI=1S/C12H18FN3O3/c1-17-5-3-9-8-16(4-6-19-9)12-14-7-10(13)11(15-12)18-2/h7,9H,3-6,8H2,1-2H3/t9-/m0/s1. The van der Waals surface area contributed by atoms with E-state index in [1.807, 2.05) is 4.90 Å². The zero-order chi connectivity index (χ0) is 13.7. The van der Waals surface area contributed by atoms with E-state index in [0.29, 0.717) is 32.3 Å². The summed E-state index contributed by atoms with van der Waals surface area (Å²) in [5.41, 5.74) is 0. The van der Waals surface area contributed by atoms with Crippen LogP contribution < -0.4 is 9.64 Å². The molecule has 6 nitrogen and oxygen atoms in total. The third-order valence-corrected chi connectivity index (χ3v) is 2.96. The first kappa shape index (κ1) is 14.0. The van der Waals surface area contributed by atoms with Crippen LogP contribution in [0.5, 0.6) is 5.88 Å². The van der Waals surface area contributed by atoms with Gasteiger partial charge >= 0.3 is 0 Å². The van der Waals surface area contributed by atoms with Gasteiger partial charge < -0.3 is 19.1 Å². The van der Waals surface area contributed by atoms with Crippen molar-refractivity contribution in [3.05, 3.63) is 12.0 Å². The third kappa shape index (κ3) is 3.51. The largest absolute Gasteiger partial charge is 0.479 e. The average Bonchev–Trinajstić information content (AvgIpc) is 2.46. The quantitative estimate of drug-likeness (QED) is 0.792. The Balaban J connectivity index is 2.04. The summed E-state index contributed by atoms with van der Waals surface area (Å²) in [5, 5.41) is 0. The van der Waals surface area contributed by atoms with Crippen LogP contribution in [0.15, 0.2) is 6.20 Å². The number of ether oxygens (including phenoxy) is 3. The van der Waals surface area contributed by atoms with Crippen molar-refractivity contribution in [1.29, 1.82) is 0 Å². The van der Waals surface area contributed by atoms with Crippen LogP contribution in [0.25, 0.3) is 0 Å². The number of halogens is 1. The second-order valence-corrected chi connectivity index (χ2v) is 4.25. The van der Waals surface area contributed by atoms with Crippen molar-refractivity contribution in [3.63, 3.8) is 0 Å². The fourth-order valence-electron chi connectivity index (χ4n) is 1.96. The first-order valence-corrected chi connectivity index (χ1v) is 6.16. The lowest BCUT2D eigenvalue weighted by Gasteiger charge is -2.32. The highest BCUT2D eigenvalue weighted by molar-refractivity contribution is 5.33. The second-order valence-electron chi connectivity index (χ2n) is 4.25. The summed E-state index contributed by atoms with van der Waals surface area (Å²) in [6.07, 6.45) is 2.01. The van der Waals surface area contributed by atoms with Gasteiger partial charge in [-0.15, -0.1) is 0 Å². The van der Waals surface area contributed by atoms with Crippen LogP contribution in [-0.2, 0) is 9.47 Å². The van der Waals surface area contributed by atoms with Crippen molar-refractivity contribution >= 4 is 5.95 Å². The molecule has 1 aromatic rings. The Kier molecular flexibility index (Phi) is 4.86. The number of nitrogens with zero attached hydrogens (tertiary/aromatic N) is 3. The maximum atomic E-state index is 13.3. The number of hydrogen-bond acceptors (Lipinski definition) is 6. The van der Waals surface area contributed by atoms with E-state index in [1.54, 1.807) is 7.11 Å². The number of morpholine rings is 1. The Morgan fingerprint density at radius 3 is 3.11 bits per heavy atom. The van der Waals surface area contributed by atoms with Crippen molar-refractivity contribution in [2.24, 2.45) is 0 Å². The number of rotatable bonds is 5. The molecule has 1 saturated heterocycles. The van der Waals surface area contributed by atoms with Gasteiger partial charge in [0.25, 0.3) is 5.88 Å². The van der Waals surface area contributed by atoms with E-state index < -0.39 is 5.82 Å². The van der Waals surface area contributed by atoms with Crippen LogP contribution in [0.3, 0.4) is 0 Å². The molecule has 0 aromatic carbocycles. The van der Waals surface area contributed by atoms with Gasteiger partial charge in [0.15, 0.2) is 0 Å². The molecular weight excluding hydrogens is 253 g/mol. The summed E-state index contributed by atoms with van der Waals surface area (Å²) < 4.78 is 28.8. The summed E-state index contributed by atoms with van der Waals surface area (Å²) in [7, 11) is 3.05. The Bertz CT molecular complexity index is 419. The lowest BCUT2D eigenvalue weighted by Crippen LogP contribution is -2.43. The highest BCUT2D eigenvalue weighted by Crippen LogP contribution is 2.19. The maximum absolute atomic E-state index is 13.3. The van der Waals surface area contributed by atoms with Crippen LogP contribution in [0.4, 0.5) is 10.3 Å². The molecule has 0 aliphatic carbocycles. The number of anilines is 1. The summed E-state index contributed by atoms with van der Waals surface area (Å²) in [4.78, 5) is 10.0. The number of aromatic nitrogens is 2. The van der Waals surface area contributed by atoms with E-state index in [2.05, 4.69) is 9.97 Å². The van der Waals surface area contributed by atoms with E-state index in [4.69, 9.17) is 14.2 Å². The first-order valence-electron chi connectivity index (χ1n) is 6.16. The zero-order valence-corrected chi connectivity index (χ0v) is 11.1. The molecule has 1 aliphatic rings. The van der Waals surface area contributed by atoms with Crippen molar-refractivity contribution in [2.75, 3.05) is 45.4 Å². The van der Waals surface area contributed by atoms with E-state index >= 15 is 0 Å². The minimum atomic E-state index is -0.560. The van der Waals surface area contributed by atoms with Gasteiger partial charge in [-0.25, -0.2) is 4.98 Å². The number of methoxy groups -OCH3 is 2. The van der Waals surface area contributed by atoms with Crippen LogP contribution >= 0.6 is 0 Å². The Hall–Kier alpha value is -1.47. The molecule has 7 heteroatoms. The third-order valence-electron chi connectivity index (χ3n) is 2.96. The predicted molar refractivity (Wildman–Crippen MR) is 67.0 cm³/mol. The number of hydrogen-bond donors (Lipinski definition) is 0. The fourth-order valence-corrected chi connectivity index (χ4v) is 1.96. The van der Waals surface area contributed by atoms with Gasteiger partial charge in [0.1, 0.15) is 0 Å². The molecule has 0 spiro atoms. The average molecular weight is 271 g/mol. The van der Waals surface area contributed by atoms with Crippen molar-refractivity contribution in [3.8, 4) is 5.88 Å². The SMILES string of the molecule is COCC[C@H]1CN(c2ncc(F)c(OC)n2)CCO1. The fraction of sp³-hybridized carbons (Fsp3) is 0.667. The van der Waals surface area contributed by atoms with Gasteiger partial charge in [0.2, 0.25) is 11.8 Å². The van der Waals surface area contributed by atoms with E-state index in [0.717, 1.165) is 12.6 Å². The Labute approximate surface area is 111 Å². The first-order chi connectivity index (χ1) is 9.24. The summed E-state index contributed by atoms with van der Waals surface area (Å²) in [5.74, 6) is -0.135. The summed E-state index contributed by atoms with van der Waals surface area (Å²) in [6, 6.07) is 0. The molecule has 0 amide bonds. The van der Waals surface area contributed by atoms with Crippen LogP contribution in [-0.4, -0.2) is 56.6 Å². The van der Waals surface area contributed by atoms with E-state index in [9.17, 15) is 4.39 Å². The van der Waals surface area contributed by atoms with Crippen molar-refractivity contribution in [1.82, 2.24) is 9.97 Å². The molecule has 2 rings (SSSR count). The maximum Gasteiger partial charge on any atom is 0.255 e. The molecule has 0 unspecified atom stereocenters. The summed E-state index contributed by atoms with van der Waals surface area (Å²) >= 11 is 0. The Morgan fingerprint density at radius 2 is 2.37 bits per heavy atom. The molecular formula is C12H18FN3O3. The molecule has 1 aromatic heterocycles. The highest BCUT2D eigenvalue weighted by atomic mass is 19.1. The second kappa shape index (κ2) is 6.63. The monoisotopic (exact) mass is 271 g/mol. The molecule has 0 radical (unpaired) electrons. The molecule has 1 atom stereocenters. The molecule has 1 aliphatic heterocycles. The van der Waals surface area contributed by atoms with E-state index in [-0.39, 0.29) is 12.0 Å². The molecule has 0 bridgehead atoms. The van der Waals surface area contributed by atoms with Crippen LogP contribution in [0, 0.1) is 5.82 Å². The minimum Gasteiger partial charge on any atom is -0.479 e. The normalized spacial score (nSPS) is 19.5. The van der Waals surface area contributed by atoms with Crippen LogP contribution in [0.1, 0.15) is 6.42 Å². The molecule has 106 valence electrons. The van der Waals surface area contributed by atoms with Gasteiger partial charge in [0.05, 0.1) is 26.0 Å². The summed E-state index contributed by atoms with van der Waals surface area (Å²) in [6.45, 7) is 2.58. The lowest BCUT2D eigenvalue weighted by atomic mass is 10.2. The van der Waals surface area contributed by atoms with E-state index in [1.165, 1.54) is 7.11 Å². The molecule has 2 heterocycles. The van der Waals surface area contributed by atoms with Crippen LogP contribution in [0.2, 0.25) is 0 Å². The molecule has 1 fully saturated rings. The van der Waals surface area contributed by atoms with Gasteiger partial charge in [-0.3, -0.25) is 0 Å². The minimum absolute atomic E-state index is 0.0371. The van der Waals surface area contributed by atoms with Crippen molar-refractivity contribution in [2.45, 2.75) is 12.5 Å². The van der Waals surface area contributed by atoms with Gasteiger partial charge in [-0.2, -0.15) is 9.37 Å². The van der Waals surface area contributed by atoms with Gasteiger partial charge in [-0.05, 0) is 6.42 Å². The lowest BCUT2D eigenvalue weighted by molar-refractivity contribution is 0.0186. The highest BCUT2D eigenvalue weighted by Gasteiger charge is 2.23. The smallest absolute Gasteiger partial charge is 0.255 e. The Morgan fingerprint density at radius 1 is 1.53 bits per heavy atom. The zero-order valence-electron chi connectivity index (χ0n) is 11.1. The van der Waals surface area contributed by atoms with Gasteiger partial charge in [-0.1, -0.05) is 0 Å². The predicted octanol–water partition coefficient (Wildman–Crippen LogP) is 0.866. The van der Waals surface area contributed by atoms with Crippen molar-refractivity contribution < 1.29 is 18.6 Å². The molecule has 0 N–H and O–H groups in total. The topological polar surface area (TPSA) is 56.7 Å². The molecule has 19 heavy (non-hydrogen) atoms. The molecule has 0 saturated carbocycles.